The smallest absolute Gasteiger partial charge is 0.248 e. The number of benzene rings is 1. The van der Waals surface area contributed by atoms with Crippen LogP contribution in [0.2, 0.25) is 0 Å². The van der Waals surface area contributed by atoms with Crippen molar-refractivity contribution in [3.05, 3.63) is 41.4 Å². The number of nitrogens with zero attached hydrogens (tertiary/aromatic N) is 4. The van der Waals surface area contributed by atoms with Crippen LogP contribution in [0.3, 0.4) is 0 Å². The Morgan fingerprint density at radius 1 is 1.14 bits per heavy atom. The van der Waals surface area contributed by atoms with Crippen LogP contribution in [0.15, 0.2) is 36.5 Å². The Balaban J connectivity index is 1.38. The zero-order chi connectivity index (χ0) is 24.7. The van der Waals surface area contributed by atoms with Crippen LogP contribution >= 0.6 is 11.3 Å². The number of carbonyl (C=O) groups is 1. The Bertz CT molecular complexity index is 1400. The van der Waals surface area contributed by atoms with E-state index < -0.39 is 5.60 Å². The number of rotatable bonds is 6. The van der Waals surface area contributed by atoms with Gasteiger partial charge in [0, 0.05) is 53.7 Å². The van der Waals surface area contributed by atoms with Gasteiger partial charge in [-0.05, 0) is 38.8 Å². The number of para-hydroxylation sites is 1. The van der Waals surface area contributed by atoms with Crippen LogP contribution in [-0.2, 0) is 19.9 Å². The molecule has 0 saturated carbocycles. The molecule has 188 valence electrons. The van der Waals surface area contributed by atoms with E-state index in [1.54, 1.807) is 11.3 Å². The Morgan fingerprint density at radius 3 is 2.72 bits per heavy atom. The average molecular weight is 506 g/mol. The highest BCUT2D eigenvalue weighted by Gasteiger charge is 2.29. The highest BCUT2D eigenvalue weighted by Crippen LogP contribution is 2.40. The first-order valence-corrected chi connectivity index (χ1v) is 13.4. The molecule has 0 spiro atoms. The zero-order valence-corrected chi connectivity index (χ0v) is 21.6. The summed E-state index contributed by atoms with van der Waals surface area (Å²) in [4.78, 5) is 31.3. The van der Waals surface area contributed by atoms with E-state index in [1.807, 2.05) is 37.1 Å². The fourth-order valence-electron chi connectivity index (χ4n) is 4.95. The van der Waals surface area contributed by atoms with Gasteiger partial charge in [0.15, 0.2) is 11.6 Å². The molecule has 5 heterocycles. The second-order valence-corrected chi connectivity index (χ2v) is 11.0. The van der Waals surface area contributed by atoms with Crippen molar-refractivity contribution in [2.24, 2.45) is 0 Å². The van der Waals surface area contributed by atoms with Gasteiger partial charge >= 0.3 is 0 Å². The summed E-state index contributed by atoms with van der Waals surface area (Å²) in [6, 6.07) is 10.3. The van der Waals surface area contributed by atoms with Crippen molar-refractivity contribution >= 4 is 44.2 Å². The molecule has 2 fully saturated rings. The standard InChI is InChI=1S/C27H31N5O3S/c1-27(2,35-17-23(33)31-9-5-6-10-31)22-15-21-24(36-22)26(32-11-13-34-14-12-32)30-25(29-21)19-16-28-20-8-4-3-7-18(19)20/h3-4,7-8,15-16,28H,5-6,9-14,17H2,1-2H3. The van der Waals surface area contributed by atoms with Gasteiger partial charge in [-0.15, -0.1) is 11.3 Å². The van der Waals surface area contributed by atoms with Crippen LogP contribution in [0.1, 0.15) is 31.6 Å². The summed E-state index contributed by atoms with van der Waals surface area (Å²) < 4.78 is 12.8. The molecule has 8 nitrogen and oxygen atoms in total. The number of fused-ring (bicyclic) bond motifs is 2. The van der Waals surface area contributed by atoms with Crippen molar-refractivity contribution in [2.45, 2.75) is 32.3 Å². The Morgan fingerprint density at radius 2 is 1.92 bits per heavy atom. The van der Waals surface area contributed by atoms with Crippen LogP contribution in [0.25, 0.3) is 32.5 Å². The Hall–Kier alpha value is -3.01. The lowest BCUT2D eigenvalue weighted by Crippen LogP contribution is -2.36. The van der Waals surface area contributed by atoms with Gasteiger partial charge in [-0.2, -0.15) is 0 Å². The van der Waals surface area contributed by atoms with E-state index in [0.29, 0.717) is 19.0 Å². The van der Waals surface area contributed by atoms with Crippen LogP contribution in [-0.4, -0.2) is 71.8 Å². The average Bonchev–Trinajstić information content (AvgIpc) is 3.67. The molecule has 3 aromatic heterocycles. The minimum atomic E-state index is -0.621. The molecule has 1 amide bonds. The number of likely N-dealkylation sites (tertiary alicyclic amines) is 1. The van der Waals surface area contributed by atoms with Gasteiger partial charge in [0.05, 0.1) is 29.0 Å². The van der Waals surface area contributed by atoms with Gasteiger partial charge < -0.3 is 24.3 Å². The third kappa shape index (κ3) is 4.36. The van der Waals surface area contributed by atoms with E-state index >= 15 is 0 Å². The number of morpholine rings is 1. The third-order valence-corrected chi connectivity index (χ3v) is 8.53. The zero-order valence-electron chi connectivity index (χ0n) is 20.7. The summed E-state index contributed by atoms with van der Waals surface area (Å²) >= 11 is 1.65. The van der Waals surface area contributed by atoms with Gasteiger partial charge in [-0.25, -0.2) is 9.97 Å². The maximum atomic E-state index is 12.6. The molecule has 0 atom stereocenters. The number of carbonyl (C=O) groups excluding carboxylic acids is 1. The van der Waals surface area contributed by atoms with Crippen molar-refractivity contribution in [3.8, 4) is 11.4 Å². The number of H-pyrrole nitrogens is 1. The first-order chi connectivity index (χ1) is 17.5. The fraction of sp³-hybridized carbons (Fsp3) is 0.444. The number of hydrogen-bond donors (Lipinski definition) is 1. The van der Waals surface area contributed by atoms with Crippen LogP contribution in [0, 0.1) is 0 Å². The number of amides is 1. The summed E-state index contributed by atoms with van der Waals surface area (Å²) in [5.74, 6) is 1.70. The molecule has 36 heavy (non-hydrogen) atoms. The number of hydrogen-bond acceptors (Lipinski definition) is 7. The lowest BCUT2D eigenvalue weighted by molar-refractivity contribution is -0.141. The van der Waals surface area contributed by atoms with E-state index in [0.717, 1.165) is 76.4 Å². The van der Waals surface area contributed by atoms with Crippen molar-refractivity contribution in [1.82, 2.24) is 19.9 Å². The van der Waals surface area contributed by atoms with E-state index in [2.05, 4.69) is 28.1 Å². The highest BCUT2D eigenvalue weighted by atomic mass is 32.1. The molecule has 2 aliphatic heterocycles. The van der Waals surface area contributed by atoms with E-state index in [1.165, 1.54) is 0 Å². The quantitative estimate of drug-likeness (QED) is 0.414. The van der Waals surface area contributed by atoms with Gasteiger partial charge in [0.25, 0.3) is 0 Å². The molecule has 0 aliphatic carbocycles. The van der Waals surface area contributed by atoms with Crippen molar-refractivity contribution in [2.75, 3.05) is 50.9 Å². The number of aromatic nitrogens is 3. The minimum absolute atomic E-state index is 0.0668. The molecule has 6 rings (SSSR count). The summed E-state index contributed by atoms with van der Waals surface area (Å²) in [7, 11) is 0. The van der Waals surface area contributed by atoms with Gasteiger partial charge in [-0.3, -0.25) is 4.79 Å². The lowest BCUT2D eigenvalue weighted by atomic mass is 10.1. The molecular formula is C27H31N5O3S. The minimum Gasteiger partial charge on any atom is -0.378 e. The summed E-state index contributed by atoms with van der Waals surface area (Å²) in [5.41, 5.74) is 2.33. The predicted molar refractivity (Wildman–Crippen MR) is 143 cm³/mol. The highest BCUT2D eigenvalue weighted by molar-refractivity contribution is 7.19. The molecule has 0 bridgehead atoms. The Kier molecular flexibility index (Phi) is 6.15. The van der Waals surface area contributed by atoms with Crippen LogP contribution in [0.4, 0.5) is 5.82 Å². The molecule has 0 radical (unpaired) electrons. The molecule has 2 aliphatic rings. The maximum absolute atomic E-state index is 12.6. The van der Waals surface area contributed by atoms with E-state index in [-0.39, 0.29) is 12.5 Å². The first-order valence-electron chi connectivity index (χ1n) is 12.6. The normalized spacial score (nSPS) is 16.9. The largest absolute Gasteiger partial charge is 0.378 e. The van der Waals surface area contributed by atoms with Crippen molar-refractivity contribution < 1.29 is 14.3 Å². The lowest BCUT2D eigenvalue weighted by Gasteiger charge is -2.28. The maximum Gasteiger partial charge on any atom is 0.248 e. The topological polar surface area (TPSA) is 83.6 Å². The monoisotopic (exact) mass is 505 g/mol. The first kappa shape index (κ1) is 23.4. The van der Waals surface area contributed by atoms with Gasteiger partial charge in [-0.1, -0.05) is 18.2 Å². The molecule has 1 N–H and O–H groups in total. The van der Waals surface area contributed by atoms with E-state index in [4.69, 9.17) is 19.4 Å². The fourth-order valence-corrected chi connectivity index (χ4v) is 6.12. The van der Waals surface area contributed by atoms with Crippen LogP contribution in [0.5, 0.6) is 0 Å². The summed E-state index contributed by atoms with van der Waals surface area (Å²) in [6.07, 6.45) is 4.14. The van der Waals surface area contributed by atoms with Gasteiger partial charge in [0.2, 0.25) is 5.91 Å². The van der Waals surface area contributed by atoms with Crippen molar-refractivity contribution in [1.29, 1.82) is 0 Å². The molecule has 9 heteroatoms. The molecule has 4 aromatic rings. The number of anilines is 1. The second-order valence-electron chi connectivity index (χ2n) is 9.93. The number of aromatic amines is 1. The van der Waals surface area contributed by atoms with E-state index in [9.17, 15) is 4.79 Å². The Labute approximate surface area is 214 Å². The number of ether oxygens (including phenoxy) is 2. The molecule has 0 unspecified atom stereocenters. The molecular weight excluding hydrogens is 474 g/mol. The number of nitrogens with one attached hydrogen (secondary N) is 1. The predicted octanol–water partition coefficient (Wildman–Crippen LogP) is 4.55. The van der Waals surface area contributed by atoms with Gasteiger partial charge in [0.1, 0.15) is 6.61 Å². The van der Waals surface area contributed by atoms with Crippen molar-refractivity contribution in [3.63, 3.8) is 0 Å². The third-order valence-electron chi connectivity index (χ3n) is 7.10. The summed E-state index contributed by atoms with van der Waals surface area (Å²) in [5, 5.41) is 1.10. The number of thiophene rings is 1. The second kappa shape index (κ2) is 9.46. The molecule has 2 saturated heterocycles. The van der Waals surface area contributed by atoms with Crippen LogP contribution < -0.4 is 4.90 Å². The SMILES string of the molecule is CC(C)(OCC(=O)N1CCCC1)c1cc2nc(-c3c[nH]c4ccccc34)nc(N3CCOCC3)c2s1. The molecule has 1 aromatic carbocycles. The summed E-state index contributed by atoms with van der Waals surface area (Å²) in [6.45, 7) is 8.74.